The first kappa shape index (κ1) is 13.4. The van der Waals surface area contributed by atoms with Crippen molar-refractivity contribution in [3.05, 3.63) is 70.8 Å². The Morgan fingerprint density at radius 3 is 2.86 bits per heavy atom. The highest BCUT2D eigenvalue weighted by molar-refractivity contribution is 6.21. The highest BCUT2D eigenvalue weighted by Gasteiger charge is 2.55. The predicted molar refractivity (Wildman–Crippen MR) is 89.0 cm³/mol. The Balaban J connectivity index is 1.52. The molecule has 0 saturated heterocycles. The molecule has 0 spiro atoms. The second kappa shape index (κ2) is 5.18. The van der Waals surface area contributed by atoms with Crippen LogP contribution in [-0.2, 0) is 12.8 Å². The Morgan fingerprint density at radius 2 is 2.00 bits per heavy atom. The molecule has 1 heteroatoms. The fourth-order valence-corrected chi connectivity index (χ4v) is 4.83. The van der Waals surface area contributed by atoms with Crippen LogP contribution < -0.4 is 0 Å². The van der Waals surface area contributed by atoms with Gasteiger partial charge in [-0.15, -0.1) is 11.6 Å². The van der Waals surface area contributed by atoms with Crippen LogP contribution in [0.15, 0.2) is 48.5 Å². The molecule has 2 aliphatic rings. The Bertz CT molecular complexity index is 660. The van der Waals surface area contributed by atoms with Gasteiger partial charge in [0.25, 0.3) is 0 Å². The summed E-state index contributed by atoms with van der Waals surface area (Å²) in [5, 5.41) is 0.271. The van der Waals surface area contributed by atoms with Crippen LogP contribution in [0.2, 0.25) is 0 Å². The van der Waals surface area contributed by atoms with Gasteiger partial charge in [-0.1, -0.05) is 54.1 Å². The number of fused-ring (bicyclic) bond motifs is 3. The normalized spacial score (nSPS) is 27.6. The fraction of sp³-hybridized carbons (Fsp3) is 0.400. The summed E-state index contributed by atoms with van der Waals surface area (Å²) in [6.07, 6.45) is 3.56. The lowest BCUT2D eigenvalue weighted by Gasteiger charge is -2.13. The van der Waals surface area contributed by atoms with Crippen LogP contribution >= 0.6 is 11.6 Å². The van der Waals surface area contributed by atoms with Gasteiger partial charge >= 0.3 is 0 Å². The minimum Gasteiger partial charge on any atom is -0.122 e. The molecule has 0 amide bonds. The van der Waals surface area contributed by atoms with Crippen molar-refractivity contribution in [1.82, 2.24) is 0 Å². The summed E-state index contributed by atoms with van der Waals surface area (Å²) in [5.41, 5.74) is 5.84. The average Bonchev–Trinajstić information content (AvgIpc) is 3.22. The van der Waals surface area contributed by atoms with Crippen molar-refractivity contribution in [3.63, 3.8) is 0 Å². The fourth-order valence-electron chi connectivity index (χ4n) is 4.31. The monoisotopic (exact) mass is 296 g/mol. The highest BCUT2D eigenvalue weighted by atomic mass is 35.5. The maximum absolute atomic E-state index is 6.81. The van der Waals surface area contributed by atoms with E-state index in [1.165, 1.54) is 24.0 Å². The van der Waals surface area contributed by atoms with Crippen molar-refractivity contribution in [2.75, 3.05) is 0 Å². The molecular weight excluding hydrogens is 276 g/mol. The molecule has 0 aromatic heterocycles. The zero-order valence-corrected chi connectivity index (χ0v) is 13.2. The molecule has 2 aromatic carbocycles. The number of halogens is 1. The van der Waals surface area contributed by atoms with Gasteiger partial charge in [0.05, 0.1) is 0 Å². The maximum Gasteiger partial charge on any atom is 0.0413 e. The molecule has 0 N–H and O–H groups in total. The third-order valence-electron chi connectivity index (χ3n) is 5.32. The van der Waals surface area contributed by atoms with E-state index in [0.717, 1.165) is 18.3 Å². The predicted octanol–water partition coefficient (Wildman–Crippen LogP) is 5.12. The Hall–Kier alpha value is -1.27. The lowest BCUT2D eigenvalue weighted by atomic mass is 9.92. The SMILES string of the molecule is Cc1cccc(CC(Cl)C2C3CCc4ccccc4C32)c1. The van der Waals surface area contributed by atoms with Crippen LogP contribution in [0.1, 0.15) is 34.6 Å². The molecule has 4 atom stereocenters. The Labute approximate surface area is 132 Å². The molecule has 1 fully saturated rings. The lowest BCUT2D eigenvalue weighted by molar-refractivity contribution is 0.610. The Kier molecular flexibility index (Phi) is 3.30. The van der Waals surface area contributed by atoms with Crippen molar-refractivity contribution < 1.29 is 0 Å². The van der Waals surface area contributed by atoms with E-state index in [4.69, 9.17) is 11.6 Å². The standard InChI is InChI=1S/C20H21Cl/c1-13-5-4-6-14(11-13)12-18(21)20-17-10-9-15-7-2-3-8-16(15)19(17)20/h2-8,11,17-20H,9-10,12H2,1H3. The third-order valence-corrected chi connectivity index (χ3v) is 5.77. The van der Waals surface area contributed by atoms with Crippen molar-refractivity contribution in [2.24, 2.45) is 11.8 Å². The van der Waals surface area contributed by atoms with Gasteiger partial charge in [-0.3, -0.25) is 0 Å². The number of aryl methyl sites for hydroxylation is 2. The zero-order valence-electron chi connectivity index (χ0n) is 12.4. The molecule has 2 aliphatic carbocycles. The van der Waals surface area contributed by atoms with E-state index in [1.54, 1.807) is 11.1 Å². The molecule has 108 valence electrons. The number of alkyl halides is 1. The molecule has 0 heterocycles. The minimum absolute atomic E-state index is 0.271. The first-order valence-corrected chi connectivity index (χ1v) is 8.45. The van der Waals surface area contributed by atoms with Crippen LogP contribution in [0, 0.1) is 18.8 Å². The maximum atomic E-state index is 6.81. The summed E-state index contributed by atoms with van der Waals surface area (Å²) in [5.74, 6) is 2.23. The molecule has 0 radical (unpaired) electrons. The van der Waals surface area contributed by atoms with Crippen molar-refractivity contribution in [3.8, 4) is 0 Å². The van der Waals surface area contributed by atoms with Gasteiger partial charge in [0.2, 0.25) is 0 Å². The molecule has 0 nitrogen and oxygen atoms in total. The van der Waals surface area contributed by atoms with Crippen molar-refractivity contribution >= 4 is 11.6 Å². The summed E-state index contributed by atoms with van der Waals surface area (Å²) in [7, 11) is 0. The topological polar surface area (TPSA) is 0 Å². The second-order valence-electron chi connectivity index (χ2n) is 6.71. The largest absolute Gasteiger partial charge is 0.122 e. The molecule has 1 saturated carbocycles. The summed E-state index contributed by atoms with van der Waals surface area (Å²) >= 11 is 6.81. The number of rotatable bonds is 3. The summed E-state index contributed by atoms with van der Waals surface area (Å²) < 4.78 is 0. The quantitative estimate of drug-likeness (QED) is 0.690. The van der Waals surface area contributed by atoms with E-state index in [0.29, 0.717) is 5.92 Å². The van der Waals surface area contributed by atoms with Gasteiger partial charge < -0.3 is 0 Å². The van der Waals surface area contributed by atoms with Gasteiger partial charge in [0.1, 0.15) is 0 Å². The summed E-state index contributed by atoms with van der Waals surface area (Å²) in [4.78, 5) is 0. The van der Waals surface area contributed by atoms with Gasteiger partial charge in [-0.2, -0.15) is 0 Å². The molecule has 2 aromatic rings. The van der Waals surface area contributed by atoms with Gasteiger partial charge in [0, 0.05) is 5.38 Å². The number of hydrogen-bond acceptors (Lipinski definition) is 0. The third kappa shape index (κ3) is 2.40. The van der Waals surface area contributed by atoms with E-state index in [-0.39, 0.29) is 5.38 Å². The van der Waals surface area contributed by atoms with E-state index in [2.05, 4.69) is 55.5 Å². The Morgan fingerprint density at radius 1 is 1.14 bits per heavy atom. The van der Waals surface area contributed by atoms with E-state index >= 15 is 0 Å². The van der Waals surface area contributed by atoms with E-state index in [9.17, 15) is 0 Å². The molecule has 0 aliphatic heterocycles. The van der Waals surface area contributed by atoms with Crippen LogP contribution in [0.3, 0.4) is 0 Å². The van der Waals surface area contributed by atoms with Gasteiger partial charge in [-0.05, 0) is 60.6 Å². The summed E-state index contributed by atoms with van der Waals surface area (Å²) in [6, 6.07) is 17.7. The second-order valence-corrected chi connectivity index (χ2v) is 7.27. The lowest BCUT2D eigenvalue weighted by Crippen LogP contribution is -2.08. The number of hydrogen-bond donors (Lipinski definition) is 0. The minimum atomic E-state index is 0.271. The zero-order chi connectivity index (χ0) is 14.4. The summed E-state index contributed by atoms with van der Waals surface area (Å²) in [6.45, 7) is 2.15. The molecule has 4 rings (SSSR count). The van der Waals surface area contributed by atoms with Crippen molar-refractivity contribution in [1.29, 1.82) is 0 Å². The molecule has 4 unspecified atom stereocenters. The van der Waals surface area contributed by atoms with E-state index < -0.39 is 0 Å². The van der Waals surface area contributed by atoms with Crippen LogP contribution in [0.4, 0.5) is 0 Å². The highest BCUT2D eigenvalue weighted by Crippen LogP contribution is 2.62. The van der Waals surface area contributed by atoms with Crippen molar-refractivity contribution in [2.45, 2.75) is 37.5 Å². The van der Waals surface area contributed by atoms with Crippen LogP contribution in [0.5, 0.6) is 0 Å². The first-order valence-electron chi connectivity index (χ1n) is 8.01. The smallest absolute Gasteiger partial charge is 0.0413 e. The number of benzene rings is 2. The first-order chi connectivity index (χ1) is 10.2. The van der Waals surface area contributed by atoms with Crippen LogP contribution in [0.25, 0.3) is 0 Å². The molecule has 0 bridgehead atoms. The molecular formula is C20H21Cl. The van der Waals surface area contributed by atoms with E-state index in [1.807, 2.05) is 0 Å². The van der Waals surface area contributed by atoms with Gasteiger partial charge in [0.15, 0.2) is 0 Å². The van der Waals surface area contributed by atoms with Crippen LogP contribution in [-0.4, -0.2) is 5.38 Å². The average molecular weight is 297 g/mol. The molecule has 21 heavy (non-hydrogen) atoms. The van der Waals surface area contributed by atoms with Gasteiger partial charge in [-0.25, -0.2) is 0 Å².